The van der Waals surface area contributed by atoms with Crippen LogP contribution in [0.4, 0.5) is 10.1 Å². The molecule has 2 aromatic rings. The van der Waals surface area contributed by atoms with Crippen LogP contribution >= 0.6 is 0 Å². The van der Waals surface area contributed by atoms with Crippen molar-refractivity contribution in [1.82, 2.24) is 0 Å². The molecule has 5 heteroatoms. The lowest BCUT2D eigenvalue weighted by Gasteiger charge is -2.10. The van der Waals surface area contributed by atoms with Gasteiger partial charge in [-0.05, 0) is 18.2 Å². The highest BCUT2D eigenvalue weighted by molar-refractivity contribution is 5.56. The molecule has 0 saturated carbocycles. The van der Waals surface area contributed by atoms with Crippen LogP contribution in [-0.2, 0) is 0 Å². The van der Waals surface area contributed by atoms with E-state index < -0.39 is 5.82 Å². The summed E-state index contributed by atoms with van der Waals surface area (Å²) in [5.41, 5.74) is 6.20. The third-order valence-electron chi connectivity index (χ3n) is 2.48. The van der Waals surface area contributed by atoms with Gasteiger partial charge in [-0.25, -0.2) is 4.39 Å². The molecule has 0 aliphatic rings. The molecule has 0 radical (unpaired) electrons. The van der Waals surface area contributed by atoms with E-state index in [-0.39, 0.29) is 11.4 Å². The second-order valence-corrected chi connectivity index (χ2v) is 3.77. The fourth-order valence-corrected chi connectivity index (χ4v) is 1.56. The standard InChI is InChI=1S/C14H11FN2O2/c1-18-14-7-13(11(15)6-12(14)17)19-10-4-2-3-9(5-10)8-16/h2-7H,17H2,1H3. The minimum Gasteiger partial charge on any atom is -0.494 e. The number of halogens is 1. The number of ether oxygens (including phenoxy) is 2. The van der Waals surface area contributed by atoms with Gasteiger partial charge < -0.3 is 15.2 Å². The van der Waals surface area contributed by atoms with Gasteiger partial charge in [0.05, 0.1) is 24.4 Å². The Hall–Kier alpha value is -2.74. The number of nitriles is 1. The molecule has 0 aliphatic heterocycles. The predicted octanol–water partition coefficient (Wildman–Crippen LogP) is 3.08. The average molecular weight is 258 g/mol. The lowest BCUT2D eigenvalue weighted by molar-refractivity contribution is 0.403. The highest BCUT2D eigenvalue weighted by Crippen LogP contribution is 2.32. The molecule has 0 aromatic heterocycles. The van der Waals surface area contributed by atoms with Crippen molar-refractivity contribution in [1.29, 1.82) is 5.26 Å². The van der Waals surface area contributed by atoms with Crippen molar-refractivity contribution in [2.45, 2.75) is 0 Å². The maximum absolute atomic E-state index is 13.7. The van der Waals surface area contributed by atoms with E-state index in [0.717, 1.165) is 6.07 Å². The Labute approximate surface area is 109 Å². The van der Waals surface area contributed by atoms with Gasteiger partial charge in [0, 0.05) is 12.1 Å². The summed E-state index contributed by atoms with van der Waals surface area (Å²) in [6.07, 6.45) is 0. The number of nitrogen functional groups attached to an aromatic ring is 1. The Balaban J connectivity index is 2.35. The molecule has 2 rings (SSSR count). The molecule has 0 unspecified atom stereocenters. The van der Waals surface area contributed by atoms with E-state index in [1.165, 1.54) is 19.2 Å². The minimum atomic E-state index is -0.597. The van der Waals surface area contributed by atoms with Crippen molar-refractivity contribution >= 4 is 5.69 Å². The largest absolute Gasteiger partial charge is 0.494 e. The van der Waals surface area contributed by atoms with Gasteiger partial charge in [0.25, 0.3) is 0 Å². The first kappa shape index (κ1) is 12.7. The van der Waals surface area contributed by atoms with Crippen LogP contribution in [0.1, 0.15) is 5.56 Å². The van der Waals surface area contributed by atoms with Crippen molar-refractivity contribution in [2.75, 3.05) is 12.8 Å². The Bertz CT molecular complexity index is 650. The van der Waals surface area contributed by atoms with Crippen LogP contribution in [0.5, 0.6) is 17.2 Å². The first-order chi connectivity index (χ1) is 9.13. The maximum atomic E-state index is 13.7. The third-order valence-corrected chi connectivity index (χ3v) is 2.48. The van der Waals surface area contributed by atoms with Gasteiger partial charge in [0.1, 0.15) is 11.5 Å². The highest BCUT2D eigenvalue weighted by Gasteiger charge is 2.10. The molecular formula is C14H11FN2O2. The number of nitrogens with zero attached hydrogens (tertiary/aromatic N) is 1. The highest BCUT2D eigenvalue weighted by atomic mass is 19.1. The fourth-order valence-electron chi connectivity index (χ4n) is 1.56. The zero-order valence-corrected chi connectivity index (χ0v) is 10.2. The third kappa shape index (κ3) is 2.75. The number of benzene rings is 2. The van der Waals surface area contributed by atoms with Gasteiger partial charge in [-0.1, -0.05) is 6.07 Å². The molecule has 19 heavy (non-hydrogen) atoms. The number of rotatable bonds is 3. The molecule has 2 N–H and O–H groups in total. The van der Waals surface area contributed by atoms with E-state index in [1.807, 2.05) is 6.07 Å². The Kier molecular flexibility index (Phi) is 3.53. The number of anilines is 1. The van der Waals surface area contributed by atoms with Crippen molar-refractivity contribution < 1.29 is 13.9 Å². The molecule has 0 fully saturated rings. The normalized spacial score (nSPS) is 9.74. The molecule has 0 bridgehead atoms. The summed E-state index contributed by atoms with van der Waals surface area (Å²) in [6, 6.07) is 10.9. The maximum Gasteiger partial charge on any atom is 0.168 e. The molecule has 0 atom stereocenters. The van der Waals surface area contributed by atoms with Crippen molar-refractivity contribution in [2.24, 2.45) is 0 Å². The zero-order valence-electron chi connectivity index (χ0n) is 10.2. The lowest BCUT2D eigenvalue weighted by Crippen LogP contribution is -1.96. The van der Waals surface area contributed by atoms with Crippen LogP contribution in [0.3, 0.4) is 0 Å². The molecule has 0 saturated heterocycles. The lowest BCUT2D eigenvalue weighted by atomic mass is 10.2. The molecule has 4 nitrogen and oxygen atoms in total. The minimum absolute atomic E-state index is 0.0128. The summed E-state index contributed by atoms with van der Waals surface area (Å²) in [4.78, 5) is 0. The van der Waals surface area contributed by atoms with Gasteiger partial charge in [-0.3, -0.25) is 0 Å². The Morgan fingerprint density at radius 1 is 1.21 bits per heavy atom. The number of methoxy groups -OCH3 is 1. The molecular weight excluding hydrogens is 247 g/mol. The Morgan fingerprint density at radius 3 is 2.68 bits per heavy atom. The SMILES string of the molecule is COc1cc(Oc2cccc(C#N)c2)c(F)cc1N. The number of nitrogens with two attached hydrogens (primary N) is 1. The van der Waals surface area contributed by atoms with Gasteiger partial charge in [0.2, 0.25) is 0 Å². The van der Waals surface area contributed by atoms with Gasteiger partial charge in [-0.15, -0.1) is 0 Å². The van der Waals surface area contributed by atoms with E-state index in [1.54, 1.807) is 18.2 Å². The first-order valence-corrected chi connectivity index (χ1v) is 5.45. The van der Waals surface area contributed by atoms with Gasteiger partial charge in [0.15, 0.2) is 11.6 Å². The van der Waals surface area contributed by atoms with Crippen molar-refractivity contribution in [3.8, 4) is 23.3 Å². The smallest absolute Gasteiger partial charge is 0.168 e. The van der Waals surface area contributed by atoms with E-state index >= 15 is 0 Å². The topological polar surface area (TPSA) is 68.3 Å². The monoisotopic (exact) mass is 258 g/mol. The number of hydrogen-bond acceptors (Lipinski definition) is 4. The van der Waals surface area contributed by atoms with E-state index in [0.29, 0.717) is 17.1 Å². The van der Waals surface area contributed by atoms with Crippen molar-refractivity contribution in [3.63, 3.8) is 0 Å². The molecule has 0 aliphatic carbocycles. The molecule has 0 heterocycles. The van der Waals surface area contributed by atoms with E-state index in [4.69, 9.17) is 20.5 Å². The number of hydrogen-bond donors (Lipinski definition) is 1. The second-order valence-electron chi connectivity index (χ2n) is 3.77. The summed E-state index contributed by atoms with van der Waals surface area (Å²) in [7, 11) is 1.43. The Morgan fingerprint density at radius 2 is 2.00 bits per heavy atom. The molecule has 0 spiro atoms. The van der Waals surface area contributed by atoms with Crippen LogP contribution < -0.4 is 15.2 Å². The molecule has 0 amide bonds. The summed E-state index contributed by atoms with van der Waals surface area (Å²) in [6.45, 7) is 0. The molecule has 96 valence electrons. The van der Waals surface area contributed by atoms with E-state index in [2.05, 4.69) is 0 Å². The van der Waals surface area contributed by atoms with Crippen molar-refractivity contribution in [3.05, 3.63) is 47.8 Å². The second kappa shape index (κ2) is 5.27. The van der Waals surface area contributed by atoms with Crippen LogP contribution in [0.15, 0.2) is 36.4 Å². The predicted molar refractivity (Wildman–Crippen MR) is 68.6 cm³/mol. The van der Waals surface area contributed by atoms with Gasteiger partial charge >= 0.3 is 0 Å². The molecule has 2 aromatic carbocycles. The first-order valence-electron chi connectivity index (χ1n) is 5.45. The average Bonchev–Trinajstić information content (AvgIpc) is 2.42. The van der Waals surface area contributed by atoms with Crippen LogP contribution in [-0.4, -0.2) is 7.11 Å². The summed E-state index contributed by atoms with van der Waals surface area (Å²) < 4.78 is 24.1. The van der Waals surface area contributed by atoms with Crippen LogP contribution in [0, 0.1) is 17.1 Å². The fraction of sp³-hybridized carbons (Fsp3) is 0.0714. The summed E-state index contributed by atoms with van der Waals surface area (Å²) in [5, 5.41) is 8.79. The summed E-state index contributed by atoms with van der Waals surface area (Å²) >= 11 is 0. The van der Waals surface area contributed by atoms with E-state index in [9.17, 15) is 4.39 Å². The van der Waals surface area contributed by atoms with Crippen LogP contribution in [0.25, 0.3) is 0 Å². The zero-order chi connectivity index (χ0) is 13.8. The van der Waals surface area contributed by atoms with Crippen LogP contribution in [0.2, 0.25) is 0 Å². The van der Waals surface area contributed by atoms with Gasteiger partial charge in [-0.2, -0.15) is 5.26 Å². The quantitative estimate of drug-likeness (QED) is 0.859. The summed E-state index contributed by atoms with van der Waals surface area (Å²) in [5.74, 6) is 0.0828.